The Labute approximate surface area is 127 Å². The van der Waals surface area contributed by atoms with Crippen molar-refractivity contribution in [2.24, 2.45) is 0 Å². The first kappa shape index (κ1) is 16.3. The number of aromatic nitrogens is 1. The van der Waals surface area contributed by atoms with Gasteiger partial charge in [0.2, 0.25) is 0 Å². The van der Waals surface area contributed by atoms with Crippen molar-refractivity contribution in [1.82, 2.24) is 15.2 Å². The summed E-state index contributed by atoms with van der Waals surface area (Å²) in [7, 11) is 0. The van der Waals surface area contributed by atoms with Crippen LogP contribution in [0.3, 0.4) is 0 Å². The van der Waals surface area contributed by atoms with Crippen LogP contribution >= 0.6 is 11.3 Å². The molecule has 8 heteroatoms. The molecule has 0 unspecified atom stereocenters. The summed E-state index contributed by atoms with van der Waals surface area (Å²) < 4.78 is 10.4. The lowest BCUT2D eigenvalue weighted by atomic mass is 10.4. The van der Waals surface area contributed by atoms with Gasteiger partial charge in [-0.1, -0.05) is 0 Å². The fourth-order valence-electron chi connectivity index (χ4n) is 1.93. The third kappa shape index (κ3) is 5.68. The molecule has 0 aliphatic carbocycles. The van der Waals surface area contributed by atoms with Crippen LogP contribution in [-0.4, -0.2) is 73.6 Å². The van der Waals surface area contributed by atoms with Crippen molar-refractivity contribution in [2.45, 2.75) is 6.54 Å². The minimum atomic E-state index is -0.188. The molecule has 2 N–H and O–H groups in total. The zero-order valence-electron chi connectivity index (χ0n) is 11.9. The highest BCUT2D eigenvalue weighted by atomic mass is 32.1. The maximum Gasteiger partial charge on any atom is 0.270 e. The summed E-state index contributed by atoms with van der Waals surface area (Å²) in [5.41, 5.74) is 0.449. The van der Waals surface area contributed by atoms with E-state index in [2.05, 4.69) is 15.2 Å². The zero-order valence-corrected chi connectivity index (χ0v) is 12.7. The Morgan fingerprint density at radius 2 is 2.29 bits per heavy atom. The van der Waals surface area contributed by atoms with Crippen molar-refractivity contribution in [1.29, 1.82) is 0 Å². The molecule has 2 rings (SSSR count). The number of carbonyl (C=O) groups excluding carboxylic acids is 1. The van der Waals surface area contributed by atoms with Crippen molar-refractivity contribution >= 4 is 17.2 Å². The topological polar surface area (TPSA) is 83.9 Å². The van der Waals surface area contributed by atoms with Crippen LogP contribution < -0.4 is 5.32 Å². The first-order chi connectivity index (χ1) is 10.3. The number of aliphatic hydroxyl groups excluding tert-OH is 1. The van der Waals surface area contributed by atoms with Crippen LogP contribution in [0, 0.1) is 0 Å². The fourth-order valence-corrected chi connectivity index (χ4v) is 2.75. The van der Waals surface area contributed by atoms with E-state index in [1.807, 2.05) is 0 Å². The van der Waals surface area contributed by atoms with Crippen LogP contribution in [0.4, 0.5) is 0 Å². The Bertz CT molecular complexity index is 435. The van der Waals surface area contributed by atoms with Crippen molar-refractivity contribution < 1.29 is 19.4 Å². The van der Waals surface area contributed by atoms with E-state index in [9.17, 15) is 4.79 Å². The van der Waals surface area contributed by atoms with Crippen LogP contribution in [0.25, 0.3) is 0 Å². The summed E-state index contributed by atoms with van der Waals surface area (Å²) in [5.74, 6) is -0.188. The number of morpholine rings is 1. The van der Waals surface area contributed by atoms with Crippen LogP contribution in [0.5, 0.6) is 0 Å². The standard InChI is InChI=1S/C13H21N3O4S/c17-4-8-19-5-1-14-13(18)11-10-21-12(15-11)9-16-2-6-20-7-3-16/h10,17H,1-9H2,(H,14,18). The molecule has 0 bridgehead atoms. The first-order valence-electron chi connectivity index (χ1n) is 7.01. The molecule has 0 spiro atoms. The fraction of sp³-hybridized carbons (Fsp3) is 0.692. The predicted octanol–water partition coefficient (Wildman–Crippen LogP) is -0.286. The lowest BCUT2D eigenvalue weighted by Crippen LogP contribution is -2.35. The number of hydrogen-bond acceptors (Lipinski definition) is 7. The lowest BCUT2D eigenvalue weighted by molar-refractivity contribution is 0.0341. The van der Waals surface area contributed by atoms with E-state index in [0.29, 0.717) is 18.8 Å². The van der Waals surface area contributed by atoms with E-state index >= 15 is 0 Å². The molecule has 21 heavy (non-hydrogen) atoms. The second kappa shape index (κ2) is 9.06. The van der Waals surface area contributed by atoms with E-state index in [1.54, 1.807) is 5.38 Å². The molecule has 1 aromatic rings. The summed E-state index contributed by atoms with van der Waals surface area (Å²) in [6.45, 7) is 5.17. The Morgan fingerprint density at radius 1 is 1.48 bits per heavy atom. The number of amides is 1. The number of nitrogens with zero attached hydrogens (tertiary/aromatic N) is 2. The van der Waals surface area contributed by atoms with Gasteiger partial charge in [-0.25, -0.2) is 4.98 Å². The molecule has 118 valence electrons. The van der Waals surface area contributed by atoms with Crippen molar-refractivity contribution in [2.75, 3.05) is 52.7 Å². The molecule has 1 aliphatic rings. The summed E-state index contributed by atoms with van der Waals surface area (Å²) in [5, 5.41) is 14.0. The second-order valence-corrected chi connectivity index (χ2v) is 5.55. The van der Waals surface area contributed by atoms with Gasteiger partial charge in [-0.15, -0.1) is 11.3 Å². The summed E-state index contributed by atoms with van der Waals surface area (Å²) in [4.78, 5) is 18.5. The van der Waals surface area contributed by atoms with Crippen LogP contribution in [-0.2, 0) is 16.0 Å². The number of hydrogen-bond donors (Lipinski definition) is 2. The Hall–Kier alpha value is -1.06. The average molecular weight is 315 g/mol. The zero-order chi connectivity index (χ0) is 14.9. The monoisotopic (exact) mass is 315 g/mol. The number of carbonyl (C=O) groups is 1. The Balaban J connectivity index is 1.72. The number of aliphatic hydroxyl groups is 1. The van der Waals surface area contributed by atoms with Gasteiger partial charge < -0.3 is 19.9 Å². The minimum Gasteiger partial charge on any atom is -0.394 e. The number of thiazole rings is 1. The highest BCUT2D eigenvalue weighted by Crippen LogP contribution is 2.13. The van der Waals surface area contributed by atoms with Crippen LogP contribution in [0.1, 0.15) is 15.5 Å². The SMILES string of the molecule is O=C(NCCOCCO)c1csc(CN2CCOCC2)n1. The van der Waals surface area contributed by atoms with Gasteiger partial charge in [0, 0.05) is 25.0 Å². The molecule has 1 aromatic heterocycles. The average Bonchev–Trinajstić information content (AvgIpc) is 2.96. The lowest BCUT2D eigenvalue weighted by Gasteiger charge is -2.25. The van der Waals surface area contributed by atoms with E-state index in [0.717, 1.165) is 37.9 Å². The van der Waals surface area contributed by atoms with E-state index in [1.165, 1.54) is 11.3 Å². The first-order valence-corrected chi connectivity index (χ1v) is 7.89. The molecule has 0 saturated carbocycles. The molecular weight excluding hydrogens is 294 g/mol. The summed E-state index contributed by atoms with van der Waals surface area (Å²) in [6, 6.07) is 0. The van der Waals surface area contributed by atoms with Gasteiger partial charge in [0.05, 0.1) is 39.6 Å². The normalized spacial score (nSPS) is 16.0. The van der Waals surface area contributed by atoms with E-state index < -0.39 is 0 Å². The minimum absolute atomic E-state index is 0.00900. The highest BCUT2D eigenvalue weighted by molar-refractivity contribution is 7.09. The van der Waals surface area contributed by atoms with E-state index in [-0.39, 0.29) is 19.1 Å². The van der Waals surface area contributed by atoms with Gasteiger partial charge in [0.15, 0.2) is 0 Å². The van der Waals surface area contributed by atoms with E-state index in [4.69, 9.17) is 14.6 Å². The van der Waals surface area contributed by atoms with Gasteiger partial charge in [-0.05, 0) is 0 Å². The van der Waals surface area contributed by atoms with Crippen molar-refractivity contribution in [3.05, 3.63) is 16.1 Å². The third-order valence-electron chi connectivity index (χ3n) is 3.01. The molecule has 0 radical (unpaired) electrons. The predicted molar refractivity (Wildman–Crippen MR) is 78.4 cm³/mol. The van der Waals surface area contributed by atoms with Gasteiger partial charge in [-0.2, -0.15) is 0 Å². The molecular formula is C13H21N3O4S. The van der Waals surface area contributed by atoms with Crippen molar-refractivity contribution in [3.63, 3.8) is 0 Å². The highest BCUT2D eigenvalue weighted by Gasteiger charge is 2.15. The van der Waals surface area contributed by atoms with Gasteiger partial charge in [-0.3, -0.25) is 9.69 Å². The third-order valence-corrected chi connectivity index (χ3v) is 3.85. The van der Waals surface area contributed by atoms with Gasteiger partial charge in [0.25, 0.3) is 5.91 Å². The largest absolute Gasteiger partial charge is 0.394 e. The molecule has 1 aliphatic heterocycles. The number of ether oxygens (including phenoxy) is 2. The van der Waals surface area contributed by atoms with Crippen LogP contribution in [0.2, 0.25) is 0 Å². The number of nitrogens with one attached hydrogen (secondary N) is 1. The molecule has 0 aromatic carbocycles. The quantitative estimate of drug-likeness (QED) is 0.642. The number of rotatable bonds is 8. The smallest absolute Gasteiger partial charge is 0.270 e. The molecule has 7 nitrogen and oxygen atoms in total. The molecule has 1 saturated heterocycles. The Morgan fingerprint density at radius 3 is 3.05 bits per heavy atom. The van der Waals surface area contributed by atoms with Crippen molar-refractivity contribution in [3.8, 4) is 0 Å². The molecule has 1 amide bonds. The maximum absolute atomic E-state index is 11.9. The second-order valence-electron chi connectivity index (χ2n) is 4.61. The summed E-state index contributed by atoms with van der Waals surface area (Å²) in [6.07, 6.45) is 0. The maximum atomic E-state index is 11.9. The molecule has 2 heterocycles. The molecule has 1 fully saturated rings. The summed E-state index contributed by atoms with van der Waals surface area (Å²) >= 11 is 1.50. The Kier molecular flexibility index (Phi) is 7.04. The van der Waals surface area contributed by atoms with Crippen LogP contribution in [0.15, 0.2) is 5.38 Å². The van der Waals surface area contributed by atoms with Gasteiger partial charge >= 0.3 is 0 Å². The van der Waals surface area contributed by atoms with Gasteiger partial charge in [0.1, 0.15) is 10.7 Å². The molecule has 0 atom stereocenters.